The molecule has 1 N–H and O–H groups in total. The Hall–Kier alpha value is -0.120. The summed E-state index contributed by atoms with van der Waals surface area (Å²) in [6.45, 7) is 14.8. The van der Waals surface area contributed by atoms with Crippen LogP contribution in [0.15, 0.2) is 0 Å². The standard InChI is InChI=1S/C18H36N2O/c1-5-18(3,4)15-7-9-16(10-8-15)19-13-17-14-20(6-2)11-12-21-17/h15-17,19H,5-14H2,1-4H3. The smallest absolute Gasteiger partial charge is 0.0826 e. The van der Waals surface area contributed by atoms with Gasteiger partial charge in [-0.05, 0) is 43.6 Å². The van der Waals surface area contributed by atoms with Crippen molar-refractivity contribution in [1.29, 1.82) is 0 Å². The van der Waals surface area contributed by atoms with E-state index < -0.39 is 0 Å². The van der Waals surface area contributed by atoms with Crippen LogP contribution in [0.3, 0.4) is 0 Å². The van der Waals surface area contributed by atoms with E-state index in [9.17, 15) is 0 Å². The largest absolute Gasteiger partial charge is 0.374 e. The number of nitrogens with one attached hydrogen (secondary N) is 1. The van der Waals surface area contributed by atoms with Gasteiger partial charge in [-0.2, -0.15) is 0 Å². The van der Waals surface area contributed by atoms with Crippen molar-refractivity contribution in [3.8, 4) is 0 Å². The van der Waals surface area contributed by atoms with E-state index in [4.69, 9.17) is 4.74 Å². The van der Waals surface area contributed by atoms with E-state index in [1.165, 1.54) is 32.1 Å². The summed E-state index contributed by atoms with van der Waals surface area (Å²) < 4.78 is 5.89. The van der Waals surface area contributed by atoms with Crippen LogP contribution in [-0.4, -0.2) is 49.8 Å². The predicted octanol–water partition coefficient (Wildman–Crippen LogP) is 3.29. The topological polar surface area (TPSA) is 24.5 Å². The second kappa shape index (κ2) is 7.94. The van der Waals surface area contributed by atoms with Gasteiger partial charge in [0.15, 0.2) is 0 Å². The highest BCUT2D eigenvalue weighted by atomic mass is 16.5. The maximum Gasteiger partial charge on any atom is 0.0826 e. The minimum atomic E-state index is 0.392. The zero-order chi connectivity index (χ0) is 15.3. The fourth-order valence-corrected chi connectivity index (χ4v) is 3.86. The normalized spacial score (nSPS) is 32.3. The highest BCUT2D eigenvalue weighted by Crippen LogP contribution is 2.40. The van der Waals surface area contributed by atoms with E-state index in [0.29, 0.717) is 11.5 Å². The molecule has 1 saturated heterocycles. The number of hydrogen-bond acceptors (Lipinski definition) is 3. The van der Waals surface area contributed by atoms with Crippen molar-refractivity contribution in [2.45, 2.75) is 71.9 Å². The lowest BCUT2D eigenvalue weighted by Crippen LogP contribution is -2.48. The lowest BCUT2D eigenvalue weighted by Gasteiger charge is -2.40. The van der Waals surface area contributed by atoms with Crippen LogP contribution < -0.4 is 5.32 Å². The number of likely N-dealkylation sites (N-methyl/N-ethyl adjacent to an activating group) is 1. The first-order valence-corrected chi connectivity index (χ1v) is 9.12. The summed E-state index contributed by atoms with van der Waals surface area (Å²) >= 11 is 0. The van der Waals surface area contributed by atoms with E-state index in [0.717, 1.165) is 44.7 Å². The monoisotopic (exact) mass is 296 g/mol. The molecule has 0 aromatic carbocycles. The third-order valence-corrected chi connectivity index (χ3v) is 6.05. The molecule has 1 atom stereocenters. The van der Waals surface area contributed by atoms with E-state index in [1.54, 1.807) is 0 Å². The first-order valence-electron chi connectivity index (χ1n) is 9.12. The van der Waals surface area contributed by atoms with Crippen molar-refractivity contribution in [1.82, 2.24) is 10.2 Å². The molecule has 3 nitrogen and oxygen atoms in total. The van der Waals surface area contributed by atoms with Gasteiger partial charge < -0.3 is 10.1 Å². The summed E-state index contributed by atoms with van der Waals surface area (Å²) in [6.07, 6.45) is 7.18. The molecule has 0 amide bonds. The van der Waals surface area contributed by atoms with Crippen LogP contribution in [0.25, 0.3) is 0 Å². The number of nitrogens with zero attached hydrogens (tertiary/aromatic N) is 1. The molecule has 1 unspecified atom stereocenters. The Morgan fingerprint density at radius 3 is 2.48 bits per heavy atom. The Kier molecular flexibility index (Phi) is 6.51. The second-order valence-electron chi connectivity index (χ2n) is 7.68. The molecule has 0 aromatic rings. The van der Waals surface area contributed by atoms with Crippen molar-refractivity contribution in [3.05, 3.63) is 0 Å². The first-order chi connectivity index (χ1) is 10.0. The molecule has 2 aliphatic rings. The van der Waals surface area contributed by atoms with E-state index in [1.807, 2.05) is 0 Å². The van der Waals surface area contributed by atoms with Crippen LogP contribution in [0, 0.1) is 11.3 Å². The Morgan fingerprint density at radius 1 is 1.14 bits per heavy atom. The number of hydrogen-bond donors (Lipinski definition) is 1. The van der Waals surface area contributed by atoms with Gasteiger partial charge in [0, 0.05) is 25.7 Å². The van der Waals surface area contributed by atoms with E-state index in [-0.39, 0.29) is 0 Å². The average molecular weight is 296 g/mol. The molecule has 1 saturated carbocycles. The van der Waals surface area contributed by atoms with Crippen LogP contribution in [0.1, 0.15) is 59.8 Å². The van der Waals surface area contributed by atoms with Crippen molar-refractivity contribution >= 4 is 0 Å². The molecule has 0 bridgehead atoms. The molecule has 0 radical (unpaired) electrons. The minimum absolute atomic E-state index is 0.392. The van der Waals surface area contributed by atoms with Crippen molar-refractivity contribution < 1.29 is 4.74 Å². The Labute approximate surface area is 131 Å². The average Bonchev–Trinajstić information content (AvgIpc) is 2.53. The summed E-state index contributed by atoms with van der Waals surface area (Å²) in [4.78, 5) is 2.50. The molecule has 0 spiro atoms. The Bertz CT molecular complexity index is 298. The summed E-state index contributed by atoms with van der Waals surface area (Å²) in [5.41, 5.74) is 0.527. The molecule has 2 rings (SSSR count). The molecule has 2 fully saturated rings. The van der Waals surface area contributed by atoms with Crippen molar-refractivity contribution in [2.75, 3.05) is 32.8 Å². The van der Waals surface area contributed by atoms with Crippen LogP contribution in [0.2, 0.25) is 0 Å². The quantitative estimate of drug-likeness (QED) is 0.814. The third kappa shape index (κ3) is 4.94. The maximum atomic E-state index is 5.89. The van der Waals surface area contributed by atoms with Crippen LogP contribution in [-0.2, 0) is 4.74 Å². The van der Waals surface area contributed by atoms with Gasteiger partial charge in [0.25, 0.3) is 0 Å². The molecule has 3 heteroatoms. The third-order valence-electron chi connectivity index (χ3n) is 6.05. The minimum Gasteiger partial charge on any atom is -0.374 e. The SMILES string of the molecule is CCN1CCOC(CNC2CCC(C(C)(C)CC)CC2)C1. The van der Waals surface area contributed by atoms with E-state index in [2.05, 4.69) is 37.9 Å². The summed E-state index contributed by atoms with van der Waals surface area (Å²) in [6, 6.07) is 0.717. The second-order valence-corrected chi connectivity index (χ2v) is 7.68. The van der Waals surface area contributed by atoms with Gasteiger partial charge in [0.05, 0.1) is 12.7 Å². The Balaban J connectivity index is 1.67. The highest BCUT2D eigenvalue weighted by molar-refractivity contribution is 4.85. The maximum absolute atomic E-state index is 5.89. The molecule has 1 aliphatic carbocycles. The molecular formula is C18H36N2O. The van der Waals surface area contributed by atoms with Crippen molar-refractivity contribution in [2.24, 2.45) is 11.3 Å². The lowest BCUT2D eigenvalue weighted by atomic mass is 9.69. The van der Waals surface area contributed by atoms with Gasteiger partial charge in [0.2, 0.25) is 0 Å². The van der Waals surface area contributed by atoms with Crippen LogP contribution >= 0.6 is 0 Å². The molecule has 1 heterocycles. The molecule has 1 aliphatic heterocycles. The summed E-state index contributed by atoms with van der Waals surface area (Å²) in [5, 5.41) is 3.77. The molecular weight excluding hydrogens is 260 g/mol. The Morgan fingerprint density at radius 2 is 1.86 bits per heavy atom. The van der Waals surface area contributed by atoms with Crippen LogP contribution in [0.5, 0.6) is 0 Å². The number of morpholine rings is 1. The van der Waals surface area contributed by atoms with Gasteiger partial charge in [-0.1, -0.05) is 34.1 Å². The van der Waals surface area contributed by atoms with Crippen molar-refractivity contribution in [3.63, 3.8) is 0 Å². The predicted molar refractivity (Wildman–Crippen MR) is 89.7 cm³/mol. The molecule has 124 valence electrons. The molecule has 21 heavy (non-hydrogen) atoms. The number of rotatable bonds is 6. The first kappa shape index (κ1) is 17.2. The zero-order valence-corrected chi connectivity index (χ0v) is 14.7. The van der Waals surface area contributed by atoms with Gasteiger partial charge in [-0.25, -0.2) is 0 Å². The van der Waals surface area contributed by atoms with Gasteiger partial charge in [-0.3, -0.25) is 4.90 Å². The number of ether oxygens (including phenoxy) is 1. The van der Waals surface area contributed by atoms with E-state index >= 15 is 0 Å². The lowest BCUT2D eigenvalue weighted by molar-refractivity contribution is -0.0273. The van der Waals surface area contributed by atoms with Crippen LogP contribution in [0.4, 0.5) is 0 Å². The molecule has 0 aromatic heterocycles. The highest BCUT2D eigenvalue weighted by Gasteiger charge is 2.32. The fraction of sp³-hybridized carbons (Fsp3) is 1.00. The van der Waals surface area contributed by atoms with Gasteiger partial charge >= 0.3 is 0 Å². The zero-order valence-electron chi connectivity index (χ0n) is 14.7. The summed E-state index contributed by atoms with van der Waals surface area (Å²) in [5.74, 6) is 0.919. The summed E-state index contributed by atoms with van der Waals surface area (Å²) in [7, 11) is 0. The fourth-order valence-electron chi connectivity index (χ4n) is 3.86. The van der Waals surface area contributed by atoms with Gasteiger partial charge in [0.1, 0.15) is 0 Å². The van der Waals surface area contributed by atoms with Gasteiger partial charge in [-0.15, -0.1) is 0 Å².